The van der Waals surface area contributed by atoms with Crippen molar-refractivity contribution in [3.05, 3.63) is 0 Å². The van der Waals surface area contributed by atoms with E-state index in [1.54, 1.807) is 0 Å². The van der Waals surface area contributed by atoms with Gasteiger partial charge in [-0.1, -0.05) is 0 Å². The Hall–Kier alpha value is -1.34. The van der Waals surface area contributed by atoms with Crippen molar-refractivity contribution in [2.24, 2.45) is 5.92 Å². The highest BCUT2D eigenvalue weighted by Gasteiger charge is 2.34. The molecule has 2 aliphatic rings. The van der Waals surface area contributed by atoms with E-state index in [-0.39, 0.29) is 19.2 Å². The molecule has 114 valence electrons. The van der Waals surface area contributed by atoms with Crippen molar-refractivity contribution in [2.45, 2.75) is 25.3 Å². The summed E-state index contributed by atoms with van der Waals surface area (Å²) in [6.07, 6.45) is 3.45. The van der Waals surface area contributed by atoms with E-state index in [2.05, 4.69) is 15.5 Å². The van der Waals surface area contributed by atoms with Crippen LogP contribution in [0.5, 0.6) is 0 Å². The number of aliphatic carboxylic acids is 1. The molecule has 3 N–H and O–H groups in total. The first-order chi connectivity index (χ1) is 9.66. The van der Waals surface area contributed by atoms with E-state index < -0.39 is 17.9 Å². The molecule has 0 aromatic rings. The molecule has 7 heteroatoms. The van der Waals surface area contributed by atoms with E-state index >= 15 is 0 Å². The van der Waals surface area contributed by atoms with Crippen LogP contribution in [0.25, 0.3) is 0 Å². The molecular formula is C13H23N3O4. The third kappa shape index (κ3) is 4.35. The first-order valence-electron chi connectivity index (χ1n) is 7.24. The van der Waals surface area contributed by atoms with Gasteiger partial charge in [0, 0.05) is 6.54 Å². The van der Waals surface area contributed by atoms with Crippen molar-refractivity contribution < 1.29 is 19.4 Å². The number of carbonyl (C=O) groups is 2. The number of hydrogen-bond acceptors (Lipinski definition) is 4. The Kier molecular flexibility index (Phi) is 5.60. The highest BCUT2D eigenvalue weighted by molar-refractivity contribution is 5.77. The Morgan fingerprint density at radius 2 is 2.00 bits per heavy atom. The molecule has 2 unspecified atom stereocenters. The van der Waals surface area contributed by atoms with Crippen LogP contribution in [0.15, 0.2) is 0 Å². The molecule has 2 fully saturated rings. The van der Waals surface area contributed by atoms with E-state index in [1.807, 2.05) is 0 Å². The Bertz CT molecular complexity index is 345. The number of carboxylic acid groups (broad SMARTS) is 1. The van der Waals surface area contributed by atoms with Crippen LogP contribution in [0.1, 0.15) is 19.3 Å². The van der Waals surface area contributed by atoms with Crippen LogP contribution in [-0.4, -0.2) is 67.4 Å². The molecule has 0 bridgehead atoms. The van der Waals surface area contributed by atoms with Crippen LogP contribution in [0, 0.1) is 5.92 Å². The summed E-state index contributed by atoms with van der Waals surface area (Å²) in [5.41, 5.74) is 0. The molecule has 0 saturated carbocycles. The lowest BCUT2D eigenvalue weighted by Crippen LogP contribution is -2.47. The summed E-state index contributed by atoms with van der Waals surface area (Å²) in [7, 11) is 0. The molecule has 2 aliphatic heterocycles. The van der Waals surface area contributed by atoms with Crippen LogP contribution in [0.2, 0.25) is 0 Å². The number of likely N-dealkylation sites (tertiary alicyclic amines) is 1. The molecule has 2 rings (SSSR count). The molecule has 2 saturated heterocycles. The standard InChI is InChI=1S/C13H23N3O4/c17-12(18)10-8-20-9-11(10)15-13(19)14-4-3-7-16-5-1-2-6-16/h10-11H,1-9H2,(H,17,18)(H2,14,15,19). The van der Waals surface area contributed by atoms with E-state index in [0.29, 0.717) is 6.54 Å². The summed E-state index contributed by atoms with van der Waals surface area (Å²) in [6, 6.07) is -0.751. The fourth-order valence-electron chi connectivity index (χ4n) is 2.67. The fourth-order valence-corrected chi connectivity index (χ4v) is 2.67. The number of carboxylic acids is 1. The Morgan fingerprint density at radius 3 is 2.70 bits per heavy atom. The normalized spacial score (nSPS) is 26.6. The van der Waals surface area contributed by atoms with Crippen LogP contribution < -0.4 is 10.6 Å². The number of amides is 2. The molecule has 0 aromatic heterocycles. The van der Waals surface area contributed by atoms with Gasteiger partial charge >= 0.3 is 12.0 Å². The van der Waals surface area contributed by atoms with Crippen LogP contribution >= 0.6 is 0 Å². The van der Waals surface area contributed by atoms with Gasteiger partial charge in [-0.3, -0.25) is 4.79 Å². The third-order valence-corrected chi connectivity index (χ3v) is 3.85. The minimum atomic E-state index is -0.929. The molecule has 0 spiro atoms. The zero-order valence-corrected chi connectivity index (χ0v) is 11.6. The largest absolute Gasteiger partial charge is 0.481 e. The summed E-state index contributed by atoms with van der Waals surface area (Å²) in [5.74, 6) is -1.58. The second-order valence-corrected chi connectivity index (χ2v) is 5.39. The zero-order chi connectivity index (χ0) is 14.4. The first kappa shape index (κ1) is 15.1. The lowest BCUT2D eigenvalue weighted by atomic mass is 10.0. The van der Waals surface area contributed by atoms with E-state index in [9.17, 15) is 9.59 Å². The van der Waals surface area contributed by atoms with Gasteiger partial charge in [0.15, 0.2) is 0 Å². The van der Waals surface area contributed by atoms with Crippen LogP contribution in [0.3, 0.4) is 0 Å². The molecule has 0 radical (unpaired) electrons. The average molecular weight is 285 g/mol. The number of nitrogens with one attached hydrogen (secondary N) is 2. The van der Waals surface area contributed by atoms with Crippen molar-refractivity contribution in [3.63, 3.8) is 0 Å². The predicted molar refractivity (Wildman–Crippen MR) is 72.6 cm³/mol. The molecule has 0 aromatic carbocycles. The van der Waals surface area contributed by atoms with Gasteiger partial charge in [0.2, 0.25) is 0 Å². The predicted octanol–water partition coefficient (Wildman–Crippen LogP) is -0.129. The van der Waals surface area contributed by atoms with Gasteiger partial charge in [0.25, 0.3) is 0 Å². The van der Waals surface area contributed by atoms with Crippen LogP contribution in [-0.2, 0) is 9.53 Å². The highest BCUT2D eigenvalue weighted by Crippen LogP contribution is 2.13. The number of hydrogen-bond donors (Lipinski definition) is 3. The molecule has 2 atom stereocenters. The Morgan fingerprint density at radius 1 is 1.25 bits per heavy atom. The molecule has 20 heavy (non-hydrogen) atoms. The second-order valence-electron chi connectivity index (χ2n) is 5.39. The van der Waals surface area contributed by atoms with Gasteiger partial charge in [-0.15, -0.1) is 0 Å². The first-order valence-corrected chi connectivity index (χ1v) is 7.24. The summed E-state index contributed by atoms with van der Waals surface area (Å²) >= 11 is 0. The van der Waals surface area contributed by atoms with E-state index in [4.69, 9.17) is 9.84 Å². The number of rotatable bonds is 6. The third-order valence-electron chi connectivity index (χ3n) is 3.85. The van der Waals surface area contributed by atoms with Crippen molar-refractivity contribution in [1.82, 2.24) is 15.5 Å². The topological polar surface area (TPSA) is 90.9 Å². The highest BCUT2D eigenvalue weighted by atomic mass is 16.5. The number of carbonyl (C=O) groups excluding carboxylic acids is 1. The average Bonchev–Trinajstić information content (AvgIpc) is 3.05. The van der Waals surface area contributed by atoms with Gasteiger partial charge in [-0.05, 0) is 38.9 Å². The SMILES string of the molecule is O=C(NCCCN1CCCC1)NC1COCC1C(=O)O. The van der Waals surface area contributed by atoms with Crippen molar-refractivity contribution in [3.8, 4) is 0 Å². The summed E-state index contributed by atoms with van der Waals surface area (Å²) in [5, 5.41) is 14.4. The van der Waals surface area contributed by atoms with E-state index in [0.717, 1.165) is 26.1 Å². The lowest BCUT2D eigenvalue weighted by molar-refractivity contribution is -0.142. The maximum Gasteiger partial charge on any atom is 0.315 e. The maximum absolute atomic E-state index is 11.7. The van der Waals surface area contributed by atoms with Crippen molar-refractivity contribution in [2.75, 3.05) is 39.4 Å². The smallest absolute Gasteiger partial charge is 0.315 e. The van der Waals surface area contributed by atoms with Crippen molar-refractivity contribution >= 4 is 12.0 Å². The van der Waals surface area contributed by atoms with Crippen molar-refractivity contribution in [1.29, 1.82) is 0 Å². The maximum atomic E-state index is 11.7. The zero-order valence-electron chi connectivity index (χ0n) is 11.6. The minimum Gasteiger partial charge on any atom is -0.481 e. The fraction of sp³-hybridized carbons (Fsp3) is 0.846. The summed E-state index contributed by atoms with van der Waals surface area (Å²) in [6.45, 7) is 4.35. The molecule has 2 heterocycles. The second kappa shape index (κ2) is 7.44. The van der Waals surface area contributed by atoms with Crippen LogP contribution in [0.4, 0.5) is 4.79 Å². The van der Waals surface area contributed by atoms with Gasteiger partial charge < -0.3 is 25.4 Å². The van der Waals surface area contributed by atoms with Gasteiger partial charge in [0.1, 0.15) is 5.92 Å². The van der Waals surface area contributed by atoms with Gasteiger partial charge in [-0.25, -0.2) is 4.79 Å². The number of nitrogens with zero attached hydrogens (tertiary/aromatic N) is 1. The molecule has 7 nitrogen and oxygen atoms in total. The molecule has 0 aliphatic carbocycles. The molecular weight excluding hydrogens is 262 g/mol. The van der Waals surface area contributed by atoms with Gasteiger partial charge in [-0.2, -0.15) is 0 Å². The summed E-state index contributed by atoms with van der Waals surface area (Å²) in [4.78, 5) is 25.0. The summed E-state index contributed by atoms with van der Waals surface area (Å²) < 4.78 is 5.10. The van der Waals surface area contributed by atoms with E-state index in [1.165, 1.54) is 12.8 Å². The monoisotopic (exact) mass is 285 g/mol. The quantitative estimate of drug-likeness (QED) is 0.591. The molecule has 2 amide bonds. The Labute approximate surface area is 118 Å². The number of urea groups is 1. The minimum absolute atomic E-state index is 0.162. The Balaban J connectivity index is 1.58. The van der Waals surface area contributed by atoms with Gasteiger partial charge in [0.05, 0.1) is 19.3 Å². The lowest BCUT2D eigenvalue weighted by Gasteiger charge is -2.17. The number of ether oxygens (including phenoxy) is 1.